The topological polar surface area (TPSA) is 194 Å². The predicted molar refractivity (Wildman–Crippen MR) is 249 cm³/mol. The fourth-order valence-corrected chi connectivity index (χ4v) is 8.31. The Morgan fingerprint density at radius 1 is 0.862 bits per heavy atom. The smallest absolute Gasteiger partial charge is 0.310 e. The van der Waals surface area contributed by atoms with E-state index in [1.54, 1.807) is 48.7 Å². The van der Waals surface area contributed by atoms with Crippen LogP contribution in [0, 0.1) is 11.9 Å². The van der Waals surface area contributed by atoms with Gasteiger partial charge in [0.15, 0.2) is 28.2 Å². The molecule has 5 N–H and O–H groups in total. The first-order chi connectivity index (χ1) is 31.4. The van der Waals surface area contributed by atoms with Gasteiger partial charge >= 0.3 is 6.08 Å². The summed E-state index contributed by atoms with van der Waals surface area (Å²) in [5.41, 5.74) is 1.73. The summed E-state index contributed by atoms with van der Waals surface area (Å²) in [5.74, 6) is 1.81. The number of halogens is 4. The molecule has 1 aliphatic rings. The van der Waals surface area contributed by atoms with E-state index >= 15 is 0 Å². The fraction of sp³-hybridized carbons (Fsp3) is 0.295. The summed E-state index contributed by atoms with van der Waals surface area (Å²) in [6.07, 6.45) is 4.78. The largest absolute Gasteiger partial charge is 0.506 e. The number of anilines is 4. The number of aliphatic hydroxyl groups is 2. The quantitative estimate of drug-likeness (QED) is 0.0253. The van der Waals surface area contributed by atoms with Crippen molar-refractivity contribution in [3.8, 4) is 28.7 Å². The first kappa shape index (κ1) is 47.2. The highest BCUT2D eigenvalue weighted by molar-refractivity contribution is 9.10. The van der Waals surface area contributed by atoms with Gasteiger partial charge in [-0.1, -0.05) is 51.4 Å². The number of thioether (sulfide) groups is 1. The van der Waals surface area contributed by atoms with E-state index in [-0.39, 0.29) is 46.8 Å². The van der Waals surface area contributed by atoms with Gasteiger partial charge in [0.1, 0.15) is 48.2 Å². The molecule has 1 fully saturated rings. The maximum atomic E-state index is 14.3. The minimum absolute atomic E-state index is 0.00536. The number of imidazole rings is 1. The van der Waals surface area contributed by atoms with Crippen LogP contribution in [0.2, 0.25) is 5.15 Å². The molecule has 65 heavy (non-hydrogen) atoms. The third-order valence-corrected chi connectivity index (χ3v) is 12.0. The zero-order chi connectivity index (χ0) is 46.0. The van der Waals surface area contributed by atoms with Crippen LogP contribution in [0.5, 0.6) is 28.7 Å². The second-order valence-corrected chi connectivity index (χ2v) is 16.9. The van der Waals surface area contributed by atoms with Gasteiger partial charge in [-0.2, -0.15) is 9.37 Å². The molecule has 0 aliphatic carbocycles. The zero-order valence-corrected chi connectivity index (χ0v) is 38.5. The highest BCUT2D eigenvalue weighted by atomic mass is 79.9. The van der Waals surface area contributed by atoms with Crippen LogP contribution in [-0.4, -0.2) is 115 Å². The molecule has 4 aromatic carbocycles. The van der Waals surface area contributed by atoms with Crippen LogP contribution < -0.4 is 29.6 Å². The average molecular weight is 997 g/mol. The van der Waals surface area contributed by atoms with Crippen LogP contribution in [0.4, 0.5) is 31.7 Å². The minimum atomic E-state index is -0.985. The standard InChI is InChI=1S/C22H21BrFN5O3S.C22H24ClFN4O4/c1-29-6-5-25-22(29)33-11-14(30)10-32-20-9-18-15(8-19(20)31-2)21(27-12-26-18)28-17-4-3-13(23)7-16(17)24;1-31-20-17(32-12-13(29)11-28-8-4-5-9-28)10-15-18(21(23)27-22(24)26-15)19(20)25-14-6-2-3-7-16(14)30/h3-9,12,14,30H,10-11H2,1-2H3,(H,26,27,28);2-3,6-7,10,13,25,29-30H,4-5,8-9,11-12H2,1H3. The number of aromatic hydroxyl groups is 1. The lowest BCUT2D eigenvalue weighted by Crippen LogP contribution is -2.33. The van der Waals surface area contributed by atoms with Crippen LogP contribution in [0.1, 0.15) is 12.8 Å². The monoisotopic (exact) mass is 995 g/mol. The number of fused-ring (bicyclic) bond motifs is 2. The van der Waals surface area contributed by atoms with Gasteiger partial charge in [-0.15, -0.1) is 0 Å². The Bertz CT molecular complexity index is 2760. The first-order valence-electron chi connectivity index (χ1n) is 20.2. The number of phenolic OH excluding ortho intramolecular Hbond substituents is 1. The molecule has 0 bridgehead atoms. The van der Waals surface area contributed by atoms with E-state index in [4.69, 9.17) is 30.5 Å². The van der Waals surface area contributed by atoms with Crippen LogP contribution in [0.3, 0.4) is 0 Å². The maximum absolute atomic E-state index is 14.3. The van der Waals surface area contributed by atoms with E-state index in [1.165, 1.54) is 50.5 Å². The molecule has 3 aromatic heterocycles. The molecule has 0 amide bonds. The van der Waals surface area contributed by atoms with Gasteiger partial charge in [0.25, 0.3) is 0 Å². The second kappa shape index (κ2) is 21.9. The maximum Gasteiger partial charge on any atom is 0.310 e. The van der Waals surface area contributed by atoms with Gasteiger partial charge in [0.2, 0.25) is 0 Å². The van der Waals surface area contributed by atoms with Crippen LogP contribution in [0.25, 0.3) is 21.8 Å². The van der Waals surface area contributed by atoms with Crippen molar-refractivity contribution < 1.29 is 43.0 Å². The van der Waals surface area contributed by atoms with E-state index in [1.807, 2.05) is 17.8 Å². The minimum Gasteiger partial charge on any atom is -0.506 e. The van der Waals surface area contributed by atoms with E-state index in [0.29, 0.717) is 61.8 Å². The van der Waals surface area contributed by atoms with Gasteiger partial charge in [-0.25, -0.2) is 24.3 Å². The molecular weight excluding hydrogens is 952 g/mol. The molecule has 1 aliphatic heterocycles. The number of nitrogens with one attached hydrogen (secondary N) is 2. The number of phenols is 1. The van der Waals surface area contributed by atoms with Crippen molar-refractivity contribution in [2.24, 2.45) is 7.05 Å². The highest BCUT2D eigenvalue weighted by Gasteiger charge is 2.23. The van der Waals surface area contributed by atoms with Gasteiger partial charge in [-0.05, 0) is 62.3 Å². The lowest BCUT2D eigenvalue weighted by atomic mass is 10.1. The molecule has 2 unspecified atom stereocenters. The number of aromatic nitrogens is 6. The molecule has 16 nitrogen and oxygen atoms in total. The number of β-amino-alcohol motifs (C(OH)–C–C–N with tert-alkyl or cyclic N) is 1. The Kier molecular flexibility index (Phi) is 15.9. The van der Waals surface area contributed by atoms with Crippen molar-refractivity contribution in [2.45, 2.75) is 30.2 Å². The number of methoxy groups -OCH3 is 2. The normalized spacial score (nSPS) is 13.6. The summed E-state index contributed by atoms with van der Waals surface area (Å²) >= 11 is 10.9. The molecule has 0 radical (unpaired) electrons. The molecule has 0 spiro atoms. The number of rotatable bonds is 17. The molecule has 2 atom stereocenters. The first-order valence-corrected chi connectivity index (χ1v) is 22.3. The van der Waals surface area contributed by atoms with Gasteiger partial charge in [0.05, 0.1) is 53.8 Å². The Morgan fingerprint density at radius 3 is 2.34 bits per heavy atom. The zero-order valence-electron chi connectivity index (χ0n) is 35.3. The summed E-state index contributed by atoms with van der Waals surface area (Å²) in [6.45, 7) is 2.50. The molecule has 8 rings (SSSR count). The third kappa shape index (κ3) is 11.9. The summed E-state index contributed by atoms with van der Waals surface area (Å²) in [6, 6.07) is 16.2. The molecule has 1 saturated heterocycles. The van der Waals surface area contributed by atoms with E-state index < -0.39 is 24.1 Å². The van der Waals surface area contributed by atoms with Crippen LogP contribution in [0.15, 0.2) is 89.0 Å². The SMILES string of the molecule is COc1c(OCC(O)CN2CCCC2)cc2nc(F)nc(Cl)c2c1Nc1ccccc1O.COc1cc2c(Nc3ccc(Br)cc3F)ncnc2cc1OCC(O)CSc1nccn1C. The number of hydrogen-bond acceptors (Lipinski definition) is 16. The number of likely N-dealkylation sites (tertiary alicyclic amines) is 1. The summed E-state index contributed by atoms with van der Waals surface area (Å²) < 4.78 is 53.5. The lowest BCUT2D eigenvalue weighted by Gasteiger charge is -2.22. The van der Waals surface area contributed by atoms with Crippen molar-refractivity contribution in [1.29, 1.82) is 0 Å². The molecule has 342 valence electrons. The second-order valence-electron chi connectivity index (χ2n) is 14.7. The van der Waals surface area contributed by atoms with Gasteiger partial charge < -0.3 is 54.4 Å². The van der Waals surface area contributed by atoms with Crippen LogP contribution in [-0.2, 0) is 7.05 Å². The van der Waals surface area contributed by atoms with Crippen LogP contribution >= 0.6 is 39.3 Å². The van der Waals surface area contributed by atoms with Crippen molar-refractivity contribution in [2.75, 3.05) is 63.5 Å². The Hall–Kier alpha value is -5.77. The Labute approximate surface area is 390 Å². The summed E-state index contributed by atoms with van der Waals surface area (Å²) in [7, 11) is 4.87. The van der Waals surface area contributed by atoms with E-state index in [0.717, 1.165) is 31.1 Å². The third-order valence-electron chi connectivity index (χ3n) is 10.0. The molecule has 0 saturated carbocycles. The molecule has 7 aromatic rings. The predicted octanol–water partition coefficient (Wildman–Crippen LogP) is 8.26. The fourth-order valence-electron chi connectivity index (χ4n) is 6.88. The van der Waals surface area contributed by atoms with E-state index in [9.17, 15) is 24.1 Å². The number of aliphatic hydroxyl groups excluding tert-OH is 2. The Morgan fingerprint density at radius 2 is 1.62 bits per heavy atom. The number of para-hydroxylation sites is 2. The highest BCUT2D eigenvalue weighted by Crippen LogP contribution is 2.46. The number of ether oxygens (including phenoxy) is 4. The van der Waals surface area contributed by atoms with Gasteiger partial charge in [0, 0.05) is 53.7 Å². The molecular formula is C44H45BrClF2N9O7S. The lowest BCUT2D eigenvalue weighted by molar-refractivity contribution is 0.0748. The number of aryl methyl sites for hydroxylation is 1. The van der Waals surface area contributed by atoms with Gasteiger partial charge in [-0.3, -0.25) is 0 Å². The van der Waals surface area contributed by atoms with E-state index in [2.05, 4.69) is 56.4 Å². The van der Waals surface area contributed by atoms with Crippen molar-refractivity contribution >= 4 is 84.0 Å². The summed E-state index contributed by atoms with van der Waals surface area (Å²) in [4.78, 5) is 22.4. The Balaban J connectivity index is 0.000000194. The van der Waals surface area contributed by atoms with Crippen molar-refractivity contribution in [3.05, 3.63) is 101 Å². The molecule has 21 heteroatoms. The number of benzene rings is 4. The van der Waals surface area contributed by atoms with Crippen molar-refractivity contribution in [3.63, 3.8) is 0 Å². The van der Waals surface area contributed by atoms with Crippen molar-refractivity contribution in [1.82, 2.24) is 34.4 Å². The summed E-state index contributed by atoms with van der Waals surface area (Å²) in [5, 5.41) is 38.7. The number of nitrogens with zero attached hydrogens (tertiary/aromatic N) is 7. The number of hydrogen-bond donors (Lipinski definition) is 5. The molecule has 4 heterocycles. The average Bonchev–Trinajstić information content (AvgIpc) is 3.96.